The molecule has 0 bridgehead atoms. The smallest absolute Gasteiger partial charge is 0.243 e. The Kier molecular flexibility index (Phi) is 7.20. The van der Waals surface area contributed by atoms with Gasteiger partial charge in [0.25, 0.3) is 0 Å². The SMILES string of the molecule is CCN(CC)S(=O)(=O)c1cc(NC(=O)CN2CCC(C)CC2)ccc1C. The van der Waals surface area contributed by atoms with E-state index in [-0.39, 0.29) is 10.8 Å². The second kappa shape index (κ2) is 8.97. The summed E-state index contributed by atoms with van der Waals surface area (Å²) in [6.07, 6.45) is 2.23. The highest BCUT2D eigenvalue weighted by molar-refractivity contribution is 7.89. The van der Waals surface area contributed by atoms with Crippen molar-refractivity contribution < 1.29 is 13.2 Å². The molecule has 0 radical (unpaired) electrons. The molecule has 7 heteroatoms. The minimum atomic E-state index is -3.55. The van der Waals surface area contributed by atoms with E-state index < -0.39 is 10.0 Å². The van der Waals surface area contributed by atoms with Crippen LogP contribution in [0.3, 0.4) is 0 Å². The number of nitrogens with one attached hydrogen (secondary N) is 1. The Bertz CT molecular complexity index is 722. The summed E-state index contributed by atoms with van der Waals surface area (Å²) in [5.74, 6) is 0.619. The van der Waals surface area contributed by atoms with Crippen LogP contribution in [0.5, 0.6) is 0 Å². The Morgan fingerprint density at radius 3 is 2.42 bits per heavy atom. The Morgan fingerprint density at radius 2 is 1.85 bits per heavy atom. The number of piperidine rings is 1. The van der Waals surface area contributed by atoms with Crippen molar-refractivity contribution in [2.45, 2.75) is 45.4 Å². The zero-order valence-electron chi connectivity index (χ0n) is 16.3. The van der Waals surface area contributed by atoms with Gasteiger partial charge in [0.2, 0.25) is 15.9 Å². The molecule has 146 valence electrons. The van der Waals surface area contributed by atoms with Crippen molar-refractivity contribution in [1.82, 2.24) is 9.21 Å². The summed E-state index contributed by atoms with van der Waals surface area (Å²) in [5.41, 5.74) is 1.21. The maximum atomic E-state index is 12.8. The first-order valence-corrected chi connectivity index (χ1v) is 10.8. The molecule has 0 spiro atoms. The molecule has 1 aliphatic heterocycles. The van der Waals surface area contributed by atoms with E-state index in [0.717, 1.165) is 31.8 Å². The predicted octanol–water partition coefficient (Wildman–Crippen LogP) is 2.70. The molecule has 1 amide bonds. The van der Waals surface area contributed by atoms with Crippen molar-refractivity contribution in [3.05, 3.63) is 23.8 Å². The molecular weight excluding hydrogens is 350 g/mol. The number of hydrogen-bond acceptors (Lipinski definition) is 4. The van der Waals surface area contributed by atoms with Crippen LogP contribution in [0.25, 0.3) is 0 Å². The highest BCUT2D eigenvalue weighted by atomic mass is 32.2. The summed E-state index contributed by atoms with van der Waals surface area (Å²) >= 11 is 0. The zero-order chi connectivity index (χ0) is 19.3. The third-order valence-electron chi connectivity index (χ3n) is 5.04. The molecule has 26 heavy (non-hydrogen) atoms. The van der Waals surface area contributed by atoms with Gasteiger partial charge >= 0.3 is 0 Å². The predicted molar refractivity (Wildman–Crippen MR) is 105 cm³/mol. The molecule has 6 nitrogen and oxygen atoms in total. The lowest BCUT2D eigenvalue weighted by atomic mass is 9.99. The largest absolute Gasteiger partial charge is 0.325 e. The van der Waals surface area contributed by atoms with Gasteiger partial charge in [-0.1, -0.05) is 26.8 Å². The standard InChI is InChI=1S/C19H31N3O3S/c1-5-22(6-2)26(24,25)18-13-17(8-7-16(18)4)20-19(23)14-21-11-9-15(3)10-12-21/h7-8,13,15H,5-6,9-12,14H2,1-4H3,(H,20,23). The van der Waals surface area contributed by atoms with Crippen molar-refractivity contribution in [3.8, 4) is 0 Å². The highest BCUT2D eigenvalue weighted by Gasteiger charge is 2.24. The topological polar surface area (TPSA) is 69.7 Å². The van der Waals surface area contributed by atoms with Crippen LogP contribution in [0.15, 0.2) is 23.1 Å². The van der Waals surface area contributed by atoms with E-state index in [0.29, 0.717) is 30.9 Å². The number of rotatable bonds is 7. The van der Waals surface area contributed by atoms with Crippen molar-refractivity contribution in [2.24, 2.45) is 5.92 Å². The van der Waals surface area contributed by atoms with E-state index in [9.17, 15) is 13.2 Å². The average molecular weight is 382 g/mol. The molecule has 1 aromatic carbocycles. The number of carbonyl (C=O) groups is 1. The molecule has 1 aromatic rings. The maximum absolute atomic E-state index is 12.8. The number of carbonyl (C=O) groups excluding carboxylic acids is 1. The lowest BCUT2D eigenvalue weighted by molar-refractivity contribution is -0.117. The number of likely N-dealkylation sites (tertiary alicyclic amines) is 1. The fraction of sp³-hybridized carbons (Fsp3) is 0.632. The monoisotopic (exact) mass is 381 g/mol. The van der Waals surface area contributed by atoms with E-state index in [4.69, 9.17) is 0 Å². The molecule has 1 saturated heterocycles. The number of nitrogens with zero attached hydrogens (tertiary/aromatic N) is 2. The van der Waals surface area contributed by atoms with E-state index in [1.165, 1.54) is 4.31 Å². The minimum Gasteiger partial charge on any atom is -0.325 e. The molecule has 0 aliphatic carbocycles. The molecule has 1 fully saturated rings. The highest BCUT2D eigenvalue weighted by Crippen LogP contribution is 2.24. The molecule has 0 aromatic heterocycles. The Morgan fingerprint density at radius 1 is 1.23 bits per heavy atom. The van der Waals surface area contributed by atoms with Crippen LogP contribution in [0, 0.1) is 12.8 Å². The van der Waals surface area contributed by atoms with Gasteiger partial charge in [0.1, 0.15) is 0 Å². The van der Waals surface area contributed by atoms with Crippen molar-refractivity contribution in [1.29, 1.82) is 0 Å². The number of amides is 1. The zero-order valence-corrected chi connectivity index (χ0v) is 17.1. The van der Waals surface area contributed by atoms with Gasteiger partial charge in [0, 0.05) is 18.8 Å². The number of anilines is 1. The fourth-order valence-corrected chi connectivity index (χ4v) is 4.99. The maximum Gasteiger partial charge on any atom is 0.243 e. The van der Waals surface area contributed by atoms with Gasteiger partial charge in [-0.2, -0.15) is 4.31 Å². The molecule has 1 N–H and O–H groups in total. The molecular formula is C19H31N3O3S. The summed E-state index contributed by atoms with van der Waals surface area (Å²) in [7, 11) is -3.55. The molecule has 2 rings (SSSR count). The van der Waals surface area contributed by atoms with Crippen molar-refractivity contribution in [3.63, 3.8) is 0 Å². The summed E-state index contributed by atoms with van der Waals surface area (Å²) in [5, 5.41) is 2.85. The van der Waals surface area contributed by atoms with Crippen LogP contribution < -0.4 is 5.32 Å². The average Bonchev–Trinajstić information content (AvgIpc) is 2.59. The van der Waals surface area contributed by atoms with Crippen LogP contribution in [-0.2, 0) is 14.8 Å². The molecule has 0 unspecified atom stereocenters. The van der Waals surface area contributed by atoms with E-state index in [1.54, 1.807) is 25.1 Å². The Balaban J connectivity index is 2.10. The van der Waals surface area contributed by atoms with Gasteiger partial charge in [0.15, 0.2) is 0 Å². The number of aryl methyl sites for hydroxylation is 1. The normalized spacial score (nSPS) is 16.8. The fourth-order valence-electron chi connectivity index (χ4n) is 3.28. The van der Waals surface area contributed by atoms with Crippen molar-refractivity contribution >= 4 is 21.6 Å². The first kappa shape index (κ1) is 20.9. The van der Waals surface area contributed by atoms with Crippen molar-refractivity contribution in [2.75, 3.05) is 38.0 Å². The van der Waals surface area contributed by atoms with Gasteiger partial charge in [-0.05, 0) is 56.5 Å². The third-order valence-corrected chi connectivity index (χ3v) is 7.23. The van der Waals surface area contributed by atoms with Crippen LogP contribution in [0.4, 0.5) is 5.69 Å². The minimum absolute atomic E-state index is 0.102. The van der Waals surface area contributed by atoms with E-state index in [1.807, 2.05) is 13.8 Å². The van der Waals surface area contributed by atoms with Gasteiger partial charge in [0.05, 0.1) is 11.4 Å². The van der Waals surface area contributed by atoms with Crippen LogP contribution in [0.1, 0.15) is 39.2 Å². The number of benzene rings is 1. The Hall–Kier alpha value is -1.44. The van der Waals surface area contributed by atoms with E-state index in [2.05, 4.69) is 17.1 Å². The Labute approximate surface area is 157 Å². The third kappa shape index (κ3) is 5.05. The first-order valence-electron chi connectivity index (χ1n) is 9.40. The quantitative estimate of drug-likeness (QED) is 0.788. The van der Waals surface area contributed by atoms with Gasteiger partial charge in [-0.15, -0.1) is 0 Å². The van der Waals surface area contributed by atoms with Gasteiger partial charge < -0.3 is 5.32 Å². The summed E-state index contributed by atoms with van der Waals surface area (Å²) < 4.78 is 27.0. The van der Waals surface area contributed by atoms with E-state index >= 15 is 0 Å². The lowest BCUT2D eigenvalue weighted by Gasteiger charge is -2.29. The second-order valence-electron chi connectivity index (χ2n) is 7.08. The molecule has 1 aliphatic rings. The summed E-state index contributed by atoms with van der Waals surface area (Å²) in [4.78, 5) is 14.7. The van der Waals surface area contributed by atoms with Crippen LogP contribution >= 0.6 is 0 Å². The molecule has 1 heterocycles. The van der Waals surface area contributed by atoms with Crippen LogP contribution in [0.2, 0.25) is 0 Å². The second-order valence-corrected chi connectivity index (χ2v) is 8.98. The lowest BCUT2D eigenvalue weighted by Crippen LogP contribution is -2.38. The first-order chi connectivity index (χ1) is 12.3. The van der Waals surface area contributed by atoms with Gasteiger partial charge in [-0.25, -0.2) is 8.42 Å². The molecule has 0 saturated carbocycles. The number of sulfonamides is 1. The van der Waals surface area contributed by atoms with Gasteiger partial charge in [-0.3, -0.25) is 9.69 Å². The summed E-state index contributed by atoms with van der Waals surface area (Å²) in [6, 6.07) is 5.07. The van der Waals surface area contributed by atoms with Crippen LogP contribution in [-0.4, -0.2) is 56.3 Å². The number of hydrogen-bond donors (Lipinski definition) is 1. The summed E-state index contributed by atoms with van der Waals surface area (Å²) in [6.45, 7) is 10.7. The molecule has 0 atom stereocenters.